The minimum Gasteiger partial charge on any atom is -0.362 e. The van der Waals surface area contributed by atoms with Crippen LogP contribution in [0.5, 0.6) is 0 Å². The Bertz CT molecular complexity index is 1090. The van der Waals surface area contributed by atoms with E-state index in [9.17, 15) is 13.2 Å². The molecule has 0 unspecified atom stereocenters. The fourth-order valence-corrected chi connectivity index (χ4v) is 5.98. The zero-order valence-electron chi connectivity index (χ0n) is 15.6. The van der Waals surface area contributed by atoms with Crippen LogP contribution in [0.4, 0.5) is 5.13 Å². The third kappa shape index (κ3) is 5.86. The van der Waals surface area contributed by atoms with Gasteiger partial charge in [-0.1, -0.05) is 47.2 Å². The van der Waals surface area contributed by atoms with Crippen LogP contribution in [-0.2, 0) is 10.0 Å². The van der Waals surface area contributed by atoms with Crippen LogP contribution in [0.3, 0.4) is 0 Å². The first-order chi connectivity index (χ1) is 13.9. The molecule has 29 heavy (non-hydrogen) atoms. The molecule has 0 saturated heterocycles. The van der Waals surface area contributed by atoms with Crippen LogP contribution in [0.25, 0.3) is 0 Å². The number of rotatable bonds is 10. The summed E-state index contributed by atoms with van der Waals surface area (Å²) in [6, 6.07) is 10.5. The van der Waals surface area contributed by atoms with Crippen molar-refractivity contribution in [1.29, 1.82) is 0 Å². The Kier molecular flexibility index (Phi) is 7.42. The van der Waals surface area contributed by atoms with Crippen molar-refractivity contribution in [3.63, 3.8) is 0 Å². The maximum Gasteiger partial charge on any atom is 0.250 e. The number of hydrogen-bond acceptors (Lipinski definition) is 7. The first-order valence-corrected chi connectivity index (χ1v) is 12.4. The molecule has 10 heteroatoms. The first-order valence-electron chi connectivity index (χ1n) is 8.92. The van der Waals surface area contributed by atoms with Gasteiger partial charge in [0.1, 0.15) is 4.21 Å². The monoisotopic (exact) mass is 469 g/mol. The molecule has 2 heterocycles. The van der Waals surface area contributed by atoms with Gasteiger partial charge < -0.3 is 5.32 Å². The average Bonchev–Trinajstić information content (AvgIpc) is 3.34. The fourth-order valence-electron chi connectivity index (χ4n) is 2.59. The molecular formula is C19H20ClN3O3S3. The van der Waals surface area contributed by atoms with Gasteiger partial charge in [-0.15, -0.1) is 11.3 Å². The predicted molar refractivity (Wildman–Crippen MR) is 119 cm³/mol. The largest absolute Gasteiger partial charge is 0.362 e. The van der Waals surface area contributed by atoms with E-state index in [1.165, 1.54) is 17.4 Å². The second kappa shape index (κ2) is 9.82. The zero-order chi connectivity index (χ0) is 20.9. The van der Waals surface area contributed by atoms with E-state index in [4.69, 9.17) is 11.6 Å². The van der Waals surface area contributed by atoms with E-state index in [2.05, 4.69) is 15.0 Å². The number of benzene rings is 1. The van der Waals surface area contributed by atoms with Gasteiger partial charge >= 0.3 is 0 Å². The Labute approximate surface area is 183 Å². The van der Waals surface area contributed by atoms with Crippen molar-refractivity contribution in [1.82, 2.24) is 9.71 Å². The van der Waals surface area contributed by atoms with Gasteiger partial charge in [-0.05, 0) is 37.5 Å². The van der Waals surface area contributed by atoms with Gasteiger partial charge in [0.25, 0.3) is 0 Å². The summed E-state index contributed by atoms with van der Waals surface area (Å²) in [5, 5.41) is 3.86. The van der Waals surface area contributed by atoms with E-state index in [1.807, 2.05) is 31.2 Å². The zero-order valence-corrected chi connectivity index (χ0v) is 18.8. The molecule has 0 amide bonds. The van der Waals surface area contributed by atoms with Crippen molar-refractivity contribution in [2.75, 3.05) is 18.4 Å². The number of sulfonamides is 1. The number of anilines is 1. The number of carbonyl (C=O) groups excluding carboxylic acids is 1. The highest BCUT2D eigenvalue weighted by atomic mass is 35.5. The predicted octanol–water partition coefficient (Wildman–Crippen LogP) is 4.57. The number of thiophene rings is 1. The minimum atomic E-state index is -3.50. The molecule has 2 aromatic heterocycles. The van der Waals surface area contributed by atoms with Crippen LogP contribution in [0.15, 0.2) is 46.8 Å². The second-order valence-electron chi connectivity index (χ2n) is 6.26. The molecule has 0 bridgehead atoms. The molecule has 0 radical (unpaired) electrons. The van der Waals surface area contributed by atoms with Gasteiger partial charge in [-0.3, -0.25) is 4.79 Å². The topological polar surface area (TPSA) is 88.2 Å². The molecule has 0 aliphatic rings. The van der Waals surface area contributed by atoms with Crippen molar-refractivity contribution < 1.29 is 13.2 Å². The van der Waals surface area contributed by atoms with Crippen LogP contribution < -0.4 is 10.0 Å². The average molecular weight is 470 g/mol. The summed E-state index contributed by atoms with van der Waals surface area (Å²) >= 11 is 8.13. The molecule has 0 spiro atoms. The number of aryl methyl sites for hydroxylation is 1. The van der Waals surface area contributed by atoms with Crippen LogP contribution in [0.1, 0.15) is 33.6 Å². The van der Waals surface area contributed by atoms with Gasteiger partial charge in [0.15, 0.2) is 5.13 Å². The van der Waals surface area contributed by atoms with E-state index in [1.54, 1.807) is 12.3 Å². The smallest absolute Gasteiger partial charge is 0.250 e. The molecule has 6 nitrogen and oxygen atoms in total. The molecule has 0 fully saturated rings. The number of hydrogen-bond donors (Lipinski definition) is 2. The van der Waals surface area contributed by atoms with E-state index in [-0.39, 0.29) is 9.99 Å². The van der Waals surface area contributed by atoms with Gasteiger partial charge in [0.2, 0.25) is 15.8 Å². The third-order valence-corrected chi connectivity index (χ3v) is 8.24. The number of thiazole rings is 1. The molecule has 3 aromatic rings. The van der Waals surface area contributed by atoms with Crippen molar-refractivity contribution in [2.45, 2.75) is 24.0 Å². The van der Waals surface area contributed by atoms with Gasteiger partial charge in [-0.2, -0.15) is 0 Å². The lowest BCUT2D eigenvalue weighted by Gasteiger charge is -2.05. The molecule has 0 aliphatic heterocycles. The van der Waals surface area contributed by atoms with E-state index < -0.39 is 10.0 Å². The molecule has 0 atom stereocenters. The Morgan fingerprint density at radius 2 is 1.86 bits per heavy atom. The number of aromatic nitrogens is 1. The maximum atomic E-state index is 12.6. The number of halogens is 1. The van der Waals surface area contributed by atoms with Gasteiger partial charge in [0.05, 0.1) is 15.4 Å². The van der Waals surface area contributed by atoms with Crippen LogP contribution in [0, 0.1) is 6.92 Å². The van der Waals surface area contributed by atoms with Crippen LogP contribution in [0.2, 0.25) is 4.34 Å². The number of nitrogens with one attached hydrogen (secondary N) is 2. The summed E-state index contributed by atoms with van der Waals surface area (Å²) in [5.74, 6) is -0.0308. The maximum absolute atomic E-state index is 12.6. The lowest BCUT2D eigenvalue weighted by molar-refractivity contribution is 0.104. The molecule has 1 aromatic carbocycles. The molecule has 3 rings (SSSR count). The summed E-state index contributed by atoms with van der Waals surface area (Å²) in [4.78, 5) is 17.4. The summed E-state index contributed by atoms with van der Waals surface area (Å²) in [7, 11) is -3.50. The van der Waals surface area contributed by atoms with E-state index in [0.29, 0.717) is 39.4 Å². The second-order valence-corrected chi connectivity index (χ2v) is 11.0. The molecule has 0 saturated carbocycles. The standard InChI is InChI=1S/C19H20ClN3O3S3/c1-13-6-2-3-7-14(13)18(24)15-12-22-19(27-15)21-10-4-5-11-23-29(25,26)17-9-8-16(20)28-17/h2-3,6-9,12,23H,4-5,10-11H2,1H3,(H,21,22). The number of unbranched alkanes of at least 4 members (excludes halogenated alkanes) is 1. The number of ketones is 1. The number of carbonyl (C=O) groups is 1. The summed E-state index contributed by atoms with van der Waals surface area (Å²) in [6.45, 7) is 2.89. The highest BCUT2D eigenvalue weighted by Gasteiger charge is 2.16. The lowest BCUT2D eigenvalue weighted by atomic mass is 10.0. The van der Waals surface area contributed by atoms with Gasteiger partial charge in [0, 0.05) is 18.7 Å². The Balaban J connectivity index is 1.42. The normalized spacial score (nSPS) is 11.5. The van der Waals surface area contributed by atoms with Crippen LogP contribution in [-0.4, -0.2) is 32.3 Å². The highest BCUT2D eigenvalue weighted by molar-refractivity contribution is 7.91. The van der Waals surface area contributed by atoms with Gasteiger partial charge in [-0.25, -0.2) is 18.1 Å². The Morgan fingerprint density at radius 1 is 1.10 bits per heavy atom. The molecular weight excluding hydrogens is 450 g/mol. The summed E-state index contributed by atoms with van der Waals surface area (Å²) in [5.41, 5.74) is 1.62. The van der Waals surface area contributed by atoms with Crippen molar-refractivity contribution in [3.05, 3.63) is 62.9 Å². The summed E-state index contributed by atoms with van der Waals surface area (Å²) < 4.78 is 27.4. The summed E-state index contributed by atoms with van der Waals surface area (Å²) in [6.07, 6.45) is 3.02. The molecule has 0 aliphatic carbocycles. The molecule has 154 valence electrons. The number of nitrogens with zero attached hydrogens (tertiary/aromatic N) is 1. The van der Waals surface area contributed by atoms with E-state index in [0.717, 1.165) is 23.3 Å². The molecule has 2 N–H and O–H groups in total. The fraction of sp³-hybridized carbons (Fsp3) is 0.263. The first kappa shape index (κ1) is 21.9. The lowest BCUT2D eigenvalue weighted by Crippen LogP contribution is -2.24. The Hall–Kier alpha value is -1.78. The van der Waals surface area contributed by atoms with Crippen molar-refractivity contribution >= 4 is 55.2 Å². The SMILES string of the molecule is Cc1ccccc1C(=O)c1cnc(NCCCCNS(=O)(=O)c2ccc(Cl)s2)s1. The quantitative estimate of drug-likeness (QED) is 0.335. The van der Waals surface area contributed by atoms with Crippen LogP contribution >= 0.6 is 34.3 Å². The van der Waals surface area contributed by atoms with E-state index >= 15 is 0 Å². The minimum absolute atomic E-state index is 0.0308. The Morgan fingerprint density at radius 3 is 2.59 bits per heavy atom. The van der Waals surface area contributed by atoms with Crippen molar-refractivity contribution in [2.24, 2.45) is 0 Å². The highest BCUT2D eigenvalue weighted by Crippen LogP contribution is 2.25. The van der Waals surface area contributed by atoms with Crippen molar-refractivity contribution in [3.8, 4) is 0 Å². The third-order valence-electron chi connectivity index (χ3n) is 4.10.